The molecule has 0 aliphatic rings. The van der Waals surface area contributed by atoms with E-state index >= 15 is 0 Å². The lowest BCUT2D eigenvalue weighted by Crippen LogP contribution is -2.04. The number of benzene rings is 2. The molecule has 0 aromatic heterocycles. The lowest BCUT2D eigenvalue weighted by molar-refractivity contribution is 1.09. The van der Waals surface area contributed by atoms with Gasteiger partial charge in [-0.05, 0) is 49.1 Å². The van der Waals surface area contributed by atoms with Gasteiger partial charge in [0, 0.05) is 6.54 Å². The van der Waals surface area contributed by atoms with Gasteiger partial charge in [0.1, 0.15) is 0 Å². The molecule has 0 spiro atoms. The highest BCUT2D eigenvalue weighted by Crippen LogP contribution is 2.26. The van der Waals surface area contributed by atoms with Crippen LogP contribution in [0.1, 0.15) is 22.3 Å². The van der Waals surface area contributed by atoms with Crippen LogP contribution in [0.2, 0.25) is 5.02 Å². The Morgan fingerprint density at radius 2 is 1.44 bits per heavy atom. The number of halogens is 1. The van der Waals surface area contributed by atoms with Crippen molar-refractivity contribution in [2.75, 3.05) is 5.32 Å². The number of hydrogen-bond acceptors (Lipinski definition) is 1. The Balaban J connectivity index is 2.19. The number of anilines is 1. The molecule has 0 bridgehead atoms. The number of nitrogens with one attached hydrogen (secondary N) is 1. The number of aryl methyl sites for hydroxylation is 3. The summed E-state index contributed by atoms with van der Waals surface area (Å²) in [6.45, 7) is 7.11. The van der Waals surface area contributed by atoms with E-state index in [1.54, 1.807) is 0 Å². The van der Waals surface area contributed by atoms with E-state index in [0.717, 1.165) is 22.8 Å². The van der Waals surface area contributed by atoms with Gasteiger partial charge in [0.15, 0.2) is 0 Å². The van der Waals surface area contributed by atoms with E-state index in [0.29, 0.717) is 0 Å². The molecular formula is C16H18ClN. The maximum atomic E-state index is 6.28. The van der Waals surface area contributed by atoms with Gasteiger partial charge < -0.3 is 5.32 Å². The lowest BCUT2D eigenvalue weighted by atomic mass is 10.0. The third kappa shape index (κ3) is 2.68. The second-order valence-electron chi connectivity index (χ2n) is 4.66. The van der Waals surface area contributed by atoms with Gasteiger partial charge in [-0.2, -0.15) is 0 Å². The fourth-order valence-electron chi connectivity index (χ4n) is 2.10. The summed E-state index contributed by atoms with van der Waals surface area (Å²) < 4.78 is 0. The molecule has 0 radical (unpaired) electrons. The summed E-state index contributed by atoms with van der Waals surface area (Å²) in [6, 6.07) is 12.4. The minimum absolute atomic E-state index is 0.807. The summed E-state index contributed by atoms with van der Waals surface area (Å²) in [5.74, 6) is 0. The summed E-state index contributed by atoms with van der Waals surface area (Å²) in [6.07, 6.45) is 0. The molecule has 0 aliphatic heterocycles. The minimum Gasteiger partial charge on any atom is -0.380 e. The van der Waals surface area contributed by atoms with Crippen molar-refractivity contribution in [3.05, 3.63) is 63.7 Å². The summed E-state index contributed by atoms with van der Waals surface area (Å²) in [4.78, 5) is 0. The third-order valence-corrected chi connectivity index (χ3v) is 3.79. The van der Waals surface area contributed by atoms with Crippen LogP contribution < -0.4 is 5.32 Å². The first kappa shape index (κ1) is 13.0. The van der Waals surface area contributed by atoms with E-state index in [-0.39, 0.29) is 0 Å². The molecule has 2 rings (SSSR count). The zero-order chi connectivity index (χ0) is 13.1. The fraction of sp³-hybridized carbons (Fsp3) is 0.250. The van der Waals surface area contributed by atoms with Crippen LogP contribution in [0.5, 0.6) is 0 Å². The Hall–Kier alpha value is -1.47. The SMILES string of the molecule is Cc1cccc(NCc2c(C)cccc2C)c1Cl. The van der Waals surface area contributed by atoms with Crippen LogP contribution >= 0.6 is 11.6 Å². The predicted molar refractivity (Wildman–Crippen MR) is 79.4 cm³/mol. The fourth-order valence-corrected chi connectivity index (χ4v) is 2.29. The van der Waals surface area contributed by atoms with Crippen LogP contribution in [0.15, 0.2) is 36.4 Å². The Morgan fingerprint density at radius 1 is 0.889 bits per heavy atom. The Bertz CT molecular complexity index is 541. The van der Waals surface area contributed by atoms with Crippen LogP contribution in [0, 0.1) is 20.8 Å². The smallest absolute Gasteiger partial charge is 0.0666 e. The average Bonchev–Trinajstić information content (AvgIpc) is 2.33. The third-order valence-electron chi connectivity index (χ3n) is 3.29. The highest BCUT2D eigenvalue weighted by atomic mass is 35.5. The first-order valence-electron chi connectivity index (χ1n) is 6.13. The van der Waals surface area contributed by atoms with E-state index in [4.69, 9.17) is 11.6 Å². The normalized spacial score (nSPS) is 10.4. The molecule has 2 aromatic carbocycles. The summed E-state index contributed by atoms with van der Waals surface area (Å²) >= 11 is 6.28. The van der Waals surface area contributed by atoms with Crippen molar-refractivity contribution in [1.82, 2.24) is 0 Å². The van der Waals surface area contributed by atoms with Gasteiger partial charge in [0.2, 0.25) is 0 Å². The summed E-state index contributed by atoms with van der Waals surface area (Å²) in [7, 11) is 0. The molecule has 0 fully saturated rings. The van der Waals surface area contributed by atoms with Crippen LogP contribution in [0.25, 0.3) is 0 Å². The first-order chi connectivity index (χ1) is 8.59. The molecule has 2 heteroatoms. The Labute approximate surface area is 114 Å². The van der Waals surface area contributed by atoms with E-state index in [2.05, 4.69) is 37.4 Å². The van der Waals surface area contributed by atoms with Crippen molar-refractivity contribution in [3.63, 3.8) is 0 Å². The van der Waals surface area contributed by atoms with Gasteiger partial charge >= 0.3 is 0 Å². The minimum atomic E-state index is 0.807. The maximum absolute atomic E-state index is 6.28. The van der Waals surface area contributed by atoms with Crippen molar-refractivity contribution in [2.24, 2.45) is 0 Å². The van der Waals surface area contributed by atoms with E-state index in [1.165, 1.54) is 16.7 Å². The molecule has 0 aliphatic carbocycles. The van der Waals surface area contributed by atoms with E-state index in [1.807, 2.05) is 25.1 Å². The van der Waals surface area contributed by atoms with Crippen LogP contribution in [-0.2, 0) is 6.54 Å². The predicted octanol–water partition coefficient (Wildman–Crippen LogP) is 4.88. The van der Waals surface area contributed by atoms with Crippen LogP contribution in [0.3, 0.4) is 0 Å². The number of hydrogen-bond donors (Lipinski definition) is 1. The monoisotopic (exact) mass is 259 g/mol. The molecular weight excluding hydrogens is 242 g/mol. The van der Waals surface area contributed by atoms with Crippen molar-refractivity contribution in [1.29, 1.82) is 0 Å². The molecule has 0 unspecified atom stereocenters. The molecule has 0 saturated carbocycles. The van der Waals surface area contributed by atoms with Crippen molar-refractivity contribution < 1.29 is 0 Å². The van der Waals surface area contributed by atoms with Crippen molar-refractivity contribution in [3.8, 4) is 0 Å². The highest BCUT2D eigenvalue weighted by molar-refractivity contribution is 6.33. The molecule has 2 aromatic rings. The van der Waals surface area contributed by atoms with E-state index in [9.17, 15) is 0 Å². The van der Waals surface area contributed by atoms with Crippen molar-refractivity contribution in [2.45, 2.75) is 27.3 Å². The van der Waals surface area contributed by atoms with Crippen LogP contribution in [0.4, 0.5) is 5.69 Å². The van der Waals surface area contributed by atoms with Gasteiger partial charge in [-0.3, -0.25) is 0 Å². The average molecular weight is 260 g/mol. The van der Waals surface area contributed by atoms with Gasteiger partial charge in [-0.25, -0.2) is 0 Å². The summed E-state index contributed by atoms with van der Waals surface area (Å²) in [5.41, 5.74) is 6.06. The van der Waals surface area contributed by atoms with Gasteiger partial charge in [-0.15, -0.1) is 0 Å². The second kappa shape index (κ2) is 5.45. The topological polar surface area (TPSA) is 12.0 Å². The number of rotatable bonds is 3. The first-order valence-corrected chi connectivity index (χ1v) is 6.51. The Morgan fingerprint density at radius 3 is 2.11 bits per heavy atom. The molecule has 0 atom stereocenters. The largest absolute Gasteiger partial charge is 0.380 e. The van der Waals surface area contributed by atoms with Gasteiger partial charge in [0.25, 0.3) is 0 Å². The molecule has 0 amide bonds. The lowest BCUT2D eigenvalue weighted by Gasteiger charge is -2.13. The van der Waals surface area contributed by atoms with Gasteiger partial charge in [0.05, 0.1) is 10.7 Å². The van der Waals surface area contributed by atoms with E-state index < -0.39 is 0 Å². The molecule has 1 N–H and O–H groups in total. The zero-order valence-corrected chi connectivity index (χ0v) is 11.8. The molecule has 1 nitrogen and oxygen atoms in total. The van der Waals surface area contributed by atoms with Crippen LogP contribution in [-0.4, -0.2) is 0 Å². The quantitative estimate of drug-likeness (QED) is 0.829. The van der Waals surface area contributed by atoms with Gasteiger partial charge in [-0.1, -0.05) is 41.9 Å². The molecule has 18 heavy (non-hydrogen) atoms. The highest BCUT2D eigenvalue weighted by Gasteiger charge is 2.05. The standard InChI is InChI=1S/C16H18ClN/c1-11-6-4-7-12(2)14(11)10-18-15-9-5-8-13(3)16(15)17/h4-9,18H,10H2,1-3H3. The molecule has 0 heterocycles. The zero-order valence-electron chi connectivity index (χ0n) is 11.0. The second-order valence-corrected chi connectivity index (χ2v) is 5.04. The molecule has 0 saturated heterocycles. The summed E-state index contributed by atoms with van der Waals surface area (Å²) in [5, 5.41) is 4.23. The maximum Gasteiger partial charge on any atom is 0.0666 e. The molecule has 94 valence electrons. The van der Waals surface area contributed by atoms with Crippen molar-refractivity contribution >= 4 is 17.3 Å². The Kier molecular flexibility index (Phi) is 3.93.